The summed E-state index contributed by atoms with van der Waals surface area (Å²) in [6.07, 6.45) is 0. The molecule has 0 spiro atoms. The zero-order chi connectivity index (χ0) is 13.8. The molecule has 0 atom stereocenters. The topological polar surface area (TPSA) is 86.5 Å². The highest BCUT2D eigenvalue weighted by molar-refractivity contribution is 6.28. The molecule has 6 nitrogen and oxygen atoms in total. The van der Waals surface area contributed by atoms with Crippen molar-refractivity contribution in [1.82, 2.24) is 15.0 Å². The first-order valence-electron chi connectivity index (χ1n) is 5.49. The number of anilines is 3. The van der Waals surface area contributed by atoms with E-state index < -0.39 is 0 Å². The second-order valence-corrected chi connectivity index (χ2v) is 4.11. The van der Waals surface area contributed by atoms with Gasteiger partial charge in [-0.05, 0) is 36.2 Å². The molecule has 0 aliphatic rings. The summed E-state index contributed by atoms with van der Waals surface area (Å²) in [5.41, 5.74) is 2.28. The van der Waals surface area contributed by atoms with E-state index in [2.05, 4.69) is 31.7 Å². The number of nitrogens with one attached hydrogen (secondary N) is 2. The van der Waals surface area contributed by atoms with Crippen LogP contribution in [0.5, 0.6) is 0 Å². The molecule has 2 rings (SSSR count). The summed E-state index contributed by atoms with van der Waals surface area (Å²) in [5, 5.41) is 14.8. The lowest BCUT2D eigenvalue weighted by atomic mass is 10.1. The van der Waals surface area contributed by atoms with Crippen LogP contribution in [-0.2, 0) is 0 Å². The van der Waals surface area contributed by atoms with E-state index in [1.165, 1.54) is 0 Å². The predicted octanol–water partition coefficient (Wildman–Crippen LogP) is 2.49. The van der Waals surface area contributed by atoms with Crippen LogP contribution in [0.25, 0.3) is 0 Å². The Balaban J connectivity index is 2.36. The van der Waals surface area contributed by atoms with Crippen LogP contribution in [0.4, 0.5) is 17.6 Å². The molecule has 1 aromatic carbocycles. The minimum atomic E-state index is 0.0935. The molecule has 19 heavy (non-hydrogen) atoms. The Bertz CT molecular complexity index is 649. The van der Waals surface area contributed by atoms with Gasteiger partial charge in [0.25, 0.3) is 0 Å². The van der Waals surface area contributed by atoms with E-state index >= 15 is 0 Å². The van der Waals surface area contributed by atoms with Gasteiger partial charge in [0, 0.05) is 12.7 Å². The van der Waals surface area contributed by atoms with Crippen molar-refractivity contribution in [3.8, 4) is 6.07 Å². The van der Waals surface area contributed by atoms with Gasteiger partial charge in [-0.15, -0.1) is 0 Å². The summed E-state index contributed by atoms with van der Waals surface area (Å²) in [6.45, 7) is 1.92. The first kappa shape index (κ1) is 13.1. The average Bonchev–Trinajstić information content (AvgIpc) is 2.40. The maximum Gasteiger partial charge on any atom is 0.233 e. The van der Waals surface area contributed by atoms with Gasteiger partial charge in [-0.1, -0.05) is 6.07 Å². The third-order valence-electron chi connectivity index (χ3n) is 2.44. The van der Waals surface area contributed by atoms with Gasteiger partial charge in [0.2, 0.25) is 17.2 Å². The molecule has 0 aliphatic heterocycles. The van der Waals surface area contributed by atoms with Crippen LogP contribution in [0.2, 0.25) is 5.28 Å². The minimum Gasteiger partial charge on any atom is -0.357 e. The number of aryl methyl sites for hydroxylation is 1. The van der Waals surface area contributed by atoms with Crippen LogP contribution in [-0.4, -0.2) is 22.0 Å². The van der Waals surface area contributed by atoms with Crippen LogP contribution in [0, 0.1) is 18.3 Å². The van der Waals surface area contributed by atoms with Crippen molar-refractivity contribution < 1.29 is 0 Å². The lowest BCUT2D eigenvalue weighted by Crippen LogP contribution is -2.04. The number of aromatic nitrogens is 3. The lowest BCUT2D eigenvalue weighted by molar-refractivity contribution is 1.05. The van der Waals surface area contributed by atoms with Crippen LogP contribution >= 0.6 is 11.6 Å². The average molecular weight is 275 g/mol. The van der Waals surface area contributed by atoms with Crippen molar-refractivity contribution in [2.24, 2.45) is 0 Å². The quantitative estimate of drug-likeness (QED) is 0.894. The smallest absolute Gasteiger partial charge is 0.233 e. The number of rotatable bonds is 3. The monoisotopic (exact) mass is 274 g/mol. The molecule has 0 unspecified atom stereocenters. The Kier molecular flexibility index (Phi) is 3.78. The van der Waals surface area contributed by atoms with Gasteiger partial charge < -0.3 is 10.6 Å². The van der Waals surface area contributed by atoms with Crippen molar-refractivity contribution in [2.75, 3.05) is 17.7 Å². The minimum absolute atomic E-state index is 0.0935. The summed E-state index contributed by atoms with van der Waals surface area (Å²) in [4.78, 5) is 12.0. The number of halogens is 1. The predicted molar refractivity (Wildman–Crippen MR) is 73.6 cm³/mol. The number of nitrogens with zero attached hydrogens (tertiary/aromatic N) is 4. The molecular weight excluding hydrogens is 264 g/mol. The highest BCUT2D eigenvalue weighted by atomic mass is 35.5. The fraction of sp³-hybridized carbons (Fsp3) is 0.167. The summed E-state index contributed by atoms with van der Waals surface area (Å²) in [5.74, 6) is 0.694. The summed E-state index contributed by atoms with van der Waals surface area (Å²) < 4.78 is 0. The van der Waals surface area contributed by atoms with E-state index in [0.29, 0.717) is 17.5 Å². The SMILES string of the molecule is CNc1nc(Cl)nc(Nc2cc(C#N)ccc2C)n1. The van der Waals surface area contributed by atoms with Crippen LogP contribution in [0.1, 0.15) is 11.1 Å². The summed E-state index contributed by atoms with van der Waals surface area (Å²) >= 11 is 5.80. The second kappa shape index (κ2) is 5.50. The zero-order valence-electron chi connectivity index (χ0n) is 10.4. The van der Waals surface area contributed by atoms with E-state index in [1.807, 2.05) is 13.0 Å². The van der Waals surface area contributed by atoms with Crippen molar-refractivity contribution in [3.05, 3.63) is 34.6 Å². The highest BCUT2D eigenvalue weighted by Gasteiger charge is 2.06. The molecule has 2 aromatic rings. The summed E-state index contributed by atoms with van der Waals surface area (Å²) in [7, 11) is 1.69. The van der Waals surface area contributed by atoms with Gasteiger partial charge in [-0.2, -0.15) is 20.2 Å². The van der Waals surface area contributed by atoms with Gasteiger partial charge in [-0.3, -0.25) is 0 Å². The Labute approximate surface area is 115 Å². The van der Waals surface area contributed by atoms with Crippen molar-refractivity contribution in [2.45, 2.75) is 6.92 Å². The van der Waals surface area contributed by atoms with Crippen LogP contribution in [0.15, 0.2) is 18.2 Å². The number of nitriles is 1. The summed E-state index contributed by atoms with van der Waals surface area (Å²) in [6, 6.07) is 7.41. The fourth-order valence-corrected chi connectivity index (χ4v) is 1.62. The molecule has 7 heteroatoms. The molecule has 0 radical (unpaired) electrons. The lowest BCUT2D eigenvalue weighted by Gasteiger charge is -2.09. The second-order valence-electron chi connectivity index (χ2n) is 3.77. The zero-order valence-corrected chi connectivity index (χ0v) is 11.2. The third kappa shape index (κ3) is 3.09. The Hall–Kier alpha value is -2.39. The normalized spacial score (nSPS) is 9.79. The Morgan fingerprint density at radius 1 is 1.21 bits per heavy atom. The molecule has 1 aromatic heterocycles. The van der Waals surface area contributed by atoms with Crippen LogP contribution in [0.3, 0.4) is 0 Å². The van der Waals surface area contributed by atoms with E-state index in [9.17, 15) is 0 Å². The number of hydrogen-bond acceptors (Lipinski definition) is 6. The molecule has 2 N–H and O–H groups in total. The molecule has 96 valence electrons. The van der Waals surface area contributed by atoms with Crippen molar-refractivity contribution in [1.29, 1.82) is 5.26 Å². The molecule has 0 aliphatic carbocycles. The maximum absolute atomic E-state index is 8.90. The van der Waals surface area contributed by atoms with Gasteiger partial charge in [0.15, 0.2) is 0 Å². The molecule has 0 amide bonds. The third-order valence-corrected chi connectivity index (χ3v) is 2.61. The van der Waals surface area contributed by atoms with Gasteiger partial charge in [0.1, 0.15) is 0 Å². The molecule has 0 saturated carbocycles. The largest absolute Gasteiger partial charge is 0.357 e. The standard InChI is InChI=1S/C12H11ClN6/c1-7-3-4-8(6-14)5-9(7)16-12-18-10(13)17-11(15-2)19-12/h3-5H,1-2H3,(H2,15,16,17,18,19). The van der Waals surface area contributed by atoms with Gasteiger partial charge in [-0.25, -0.2) is 0 Å². The Morgan fingerprint density at radius 2 is 1.95 bits per heavy atom. The number of benzene rings is 1. The fourth-order valence-electron chi connectivity index (χ4n) is 1.46. The Morgan fingerprint density at radius 3 is 2.63 bits per heavy atom. The number of hydrogen-bond donors (Lipinski definition) is 2. The van der Waals surface area contributed by atoms with E-state index in [1.54, 1.807) is 19.2 Å². The van der Waals surface area contributed by atoms with Crippen LogP contribution < -0.4 is 10.6 Å². The van der Waals surface area contributed by atoms with Crippen molar-refractivity contribution >= 4 is 29.2 Å². The van der Waals surface area contributed by atoms with Crippen molar-refractivity contribution in [3.63, 3.8) is 0 Å². The molecule has 0 fully saturated rings. The van der Waals surface area contributed by atoms with Gasteiger partial charge >= 0.3 is 0 Å². The van der Waals surface area contributed by atoms with E-state index in [-0.39, 0.29) is 5.28 Å². The highest BCUT2D eigenvalue weighted by Crippen LogP contribution is 2.20. The molecule has 0 saturated heterocycles. The first-order valence-corrected chi connectivity index (χ1v) is 5.87. The van der Waals surface area contributed by atoms with E-state index in [4.69, 9.17) is 16.9 Å². The van der Waals surface area contributed by atoms with Gasteiger partial charge in [0.05, 0.1) is 11.6 Å². The van der Waals surface area contributed by atoms with E-state index in [0.717, 1.165) is 11.3 Å². The maximum atomic E-state index is 8.90. The first-order chi connectivity index (χ1) is 9.12. The molecule has 1 heterocycles. The molecule has 0 bridgehead atoms. The molecular formula is C12H11ClN6.